The molecule has 0 spiro atoms. The van der Waals surface area contributed by atoms with Gasteiger partial charge in [0.15, 0.2) is 5.78 Å². The molecule has 0 amide bonds. The molecule has 2 nitrogen and oxygen atoms in total. The van der Waals surface area contributed by atoms with Crippen molar-refractivity contribution in [3.8, 4) is 0 Å². The third-order valence-electron chi connectivity index (χ3n) is 2.88. The quantitative estimate of drug-likeness (QED) is 0.697. The van der Waals surface area contributed by atoms with E-state index < -0.39 is 0 Å². The van der Waals surface area contributed by atoms with Gasteiger partial charge in [-0.2, -0.15) is 0 Å². The fourth-order valence-electron chi connectivity index (χ4n) is 1.69. The van der Waals surface area contributed by atoms with Crippen LogP contribution in [0.1, 0.15) is 37.0 Å². The van der Waals surface area contributed by atoms with E-state index in [-0.39, 0.29) is 5.78 Å². The molecule has 1 aromatic carbocycles. The Balaban J connectivity index is 2.65. The van der Waals surface area contributed by atoms with Gasteiger partial charge in [0.2, 0.25) is 0 Å². The molecule has 0 unspecified atom stereocenters. The Morgan fingerprint density at radius 1 is 1.22 bits per heavy atom. The van der Waals surface area contributed by atoms with E-state index in [9.17, 15) is 4.79 Å². The number of unbranched alkanes of at least 4 members (excludes halogenated alkanes) is 1. The lowest BCUT2D eigenvalue weighted by molar-refractivity contribution is 0.0933. The monoisotopic (exact) mass is 287 g/mol. The molecule has 0 heterocycles. The average molecular weight is 288 g/mol. The summed E-state index contributed by atoms with van der Waals surface area (Å²) in [6, 6.07) is 5.03. The van der Waals surface area contributed by atoms with Crippen LogP contribution in [-0.4, -0.2) is 30.3 Å². The smallest absolute Gasteiger partial charge is 0.176 e. The number of carbonyl (C=O) groups excluding carboxylic acids is 1. The highest BCUT2D eigenvalue weighted by molar-refractivity contribution is 6.42. The fourth-order valence-corrected chi connectivity index (χ4v) is 1.99. The normalized spacial score (nSPS) is 10.9. The molecule has 18 heavy (non-hydrogen) atoms. The number of carbonyl (C=O) groups is 1. The van der Waals surface area contributed by atoms with Gasteiger partial charge in [0.25, 0.3) is 0 Å². The highest BCUT2D eigenvalue weighted by Crippen LogP contribution is 2.22. The van der Waals surface area contributed by atoms with Crippen molar-refractivity contribution >= 4 is 29.0 Å². The first-order valence-electron chi connectivity index (χ1n) is 6.29. The molecule has 0 bridgehead atoms. The molecule has 0 aliphatic heterocycles. The zero-order valence-electron chi connectivity index (χ0n) is 10.9. The zero-order valence-corrected chi connectivity index (χ0v) is 12.4. The molecule has 0 fully saturated rings. The van der Waals surface area contributed by atoms with E-state index in [1.165, 1.54) is 0 Å². The van der Waals surface area contributed by atoms with Crippen LogP contribution in [0.4, 0.5) is 0 Å². The highest BCUT2D eigenvalue weighted by atomic mass is 35.5. The number of halogens is 2. The van der Waals surface area contributed by atoms with Crippen molar-refractivity contribution in [3.63, 3.8) is 0 Å². The van der Waals surface area contributed by atoms with Gasteiger partial charge in [-0.15, -0.1) is 0 Å². The van der Waals surface area contributed by atoms with Crippen LogP contribution in [0.3, 0.4) is 0 Å². The number of hydrogen-bond acceptors (Lipinski definition) is 2. The minimum absolute atomic E-state index is 0.0894. The minimum Gasteiger partial charge on any atom is -0.296 e. The van der Waals surface area contributed by atoms with Crippen LogP contribution in [0.15, 0.2) is 18.2 Å². The summed E-state index contributed by atoms with van der Waals surface area (Å²) < 4.78 is 0. The van der Waals surface area contributed by atoms with Crippen LogP contribution in [-0.2, 0) is 0 Å². The summed E-state index contributed by atoms with van der Waals surface area (Å²) in [6.07, 6.45) is 2.25. The van der Waals surface area contributed by atoms with Gasteiger partial charge in [-0.3, -0.25) is 9.69 Å². The maximum absolute atomic E-state index is 12.1. The Morgan fingerprint density at radius 2 is 1.94 bits per heavy atom. The molecule has 0 aliphatic carbocycles. The number of likely N-dealkylation sites (N-methyl/N-ethyl adjacent to an activating group) is 1. The largest absolute Gasteiger partial charge is 0.296 e. The van der Waals surface area contributed by atoms with Gasteiger partial charge in [-0.05, 0) is 37.7 Å². The van der Waals surface area contributed by atoms with Crippen LogP contribution in [0.25, 0.3) is 0 Å². The summed E-state index contributed by atoms with van der Waals surface area (Å²) in [5.74, 6) is 0.0894. The van der Waals surface area contributed by atoms with Gasteiger partial charge in [-0.25, -0.2) is 0 Å². The summed E-state index contributed by atoms with van der Waals surface area (Å²) in [7, 11) is 0. The van der Waals surface area contributed by atoms with E-state index in [4.69, 9.17) is 23.2 Å². The molecule has 1 rings (SSSR count). The lowest BCUT2D eigenvalue weighted by Gasteiger charge is -2.19. The molecule has 0 saturated heterocycles. The van der Waals surface area contributed by atoms with Gasteiger partial charge in [0.05, 0.1) is 16.6 Å². The molecule has 100 valence electrons. The molecule has 1 aromatic rings. The van der Waals surface area contributed by atoms with Gasteiger partial charge in [0, 0.05) is 5.56 Å². The van der Waals surface area contributed by atoms with Crippen LogP contribution < -0.4 is 0 Å². The summed E-state index contributed by atoms with van der Waals surface area (Å²) in [4.78, 5) is 14.2. The number of Topliss-reactive ketones (excluding diaryl/α,β-unsaturated/α-hetero) is 1. The third-order valence-corrected chi connectivity index (χ3v) is 3.62. The topological polar surface area (TPSA) is 20.3 Å². The standard InChI is InChI=1S/C14H19Cl2NO/c1-3-5-8-17(4-2)10-14(18)11-6-7-12(15)13(16)9-11/h6-7,9H,3-5,8,10H2,1-2H3. The first-order valence-corrected chi connectivity index (χ1v) is 7.04. The van der Waals surface area contributed by atoms with Crippen molar-refractivity contribution in [2.24, 2.45) is 0 Å². The van der Waals surface area contributed by atoms with E-state index in [0.717, 1.165) is 25.9 Å². The summed E-state index contributed by atoms with van der Waals surface area (Å²) in [5, 5.41) is 0.908. The van der Waals surface area contributed by atoms with Gasteiger partial charge >= 0.3 is 0 Å². The summed E-state index contributed by atoms with van der Waals surface area (Å²) >= 11 is 11.7. The van der Waals surface area contributed by atoms with E-state index in [1.54, 1.807) is 18.2 Å². The number of hydrogen-bond donors (Lipinski definition) is 0. The molecular formula is C14H19Cl2NO. The molecular weight excluding hydrogens is 269 g/mol. The maximum atomic E-state index is 12.1. The van der Waals surface area contributed by atoms with Crippen molar-refractivity contribution in [2.45, 2.75) is 26.7 Å². The second-order valence-corrected chi connectivity index (χ2v) is 5.09. The first kappa shape index (κ1) is 15.5. The van der Waals surface area contributed by atoms with Crippen molar-refractivity contribution in [3.05, 3.63) is 33.8 Å². The van der Waals surface area contributed by atoms with Crippen LogP contribution in [0.2, 0.25) is 10.0 Å². The molecule has 4 heteroatoms. The summed E-state index contributed by atoms with van der Waals surface area (Å²) in [6.45, 7) is 6.49. The van der Waals surface area contributed by atoms with Crippen molar-refractivity contribution in [2.75, 3.05) is 19.6 Å². The molecule has 0 atom stereocenters. The van der Waals surface area contributed by atoms with Gasteiger partial charge in [-0.1, -0.05) is 43.5 Å². The molecule has 0 radical (unpaired) electrons. The Hall–Kier alpha value is -0.570. The van der Waals surface area contributed by atoms with E-state index in [2.05, 4.69) is 18.7 Å². The molecule has 0 N–H and O–H groups in total. The van der Waals surface area contributed by atoms with E-state index >= 15 is 0 Å². The Kier molecular flexibility index (Phi) is 6.69. The van der Waals surface area contributed by atoms with Gasteiger partial charge < -0.3 is 0 Å². The Bertz CT molecular complexity index is 407. The fraction of sp³-hybridized carbons (Fsp3) is 0.500. The van der Waals surface area contributed by atoms with Crippen LogP contribution in [0, 0.1) is 0 Å². The van der Waals surface area contributed by atoms with Gasteiger partial charge in [0.1, 0.15) is 0 Å². The second-order valence-electron chi connectivity index (χ2n) is 4.27. The number of ketones is 1. The molecule has 0 saturated carbocycles. The lowest BCUT2D eigenvalue weighted by Crippen LogP contribution is -2.30. The lowest BCUT2D eigenvalue weighted by atomic mass is 10.1. The van der Waals surface area contributed by atoms with E-state index in [1.807, 2.05) is 0 Å². The average Bonchev–Trinajstić information content (AvgIpc) is 2.37. The van der Waals surface area contributed by atoms with Crippen LogP contribution >= 0.6 is 23.2 Å². The van der Waals surface area contributed by atoms with Crippen molar-refractivity contribution < 1.29 is 4.79 Å². The number of nitrogens with zero attached hydrogens (tertiary/aromatic N) is 1. The van der Waals surface area contributed by atoms with Crippen molar-refractivity contribution in [1.29, 1.82) is 0 Å². The van der Waals surface area contributed by atoms with Crippen LogP contribution in [0.5, 0.6) is 0 Å². The minimum atomic E-state index is 0.0894. The Labute approximate surface area is 119 Å². The van der Waals surface area contributed by atoms with E-state index in [0.29, 0.717) is 22.2 Å². The van der Waals surface area contributed by atoms with Crippen molar-refractivity contribution in [1.82, 2.24) is 4.90 Å². The third kappa shape index (κ3) is 4.60. The maximum Gasteiger partial charge on any atom is 0.176 e. The molecule has 0 aromatic heterocycles. The highest BCUT2D eigenvalue weighted by Gasteiger charge is 2.12. The second kappa shape index (κ2) is 7.78. The zero-order chi connectivity index (χ0) is 13.5. The number of rotatable bonds is 7. The first-order chi connectivity index (χ1) is 8.58. The predicted molar refractivity (Wildman–Crippen MR) is 77.8 cm³/mol. The predicted octanol–water partition coefficient (Wildman–Crippen LogP) is 4.30. The summed E-state index contributed by atoms with van der Waals surface area (Å²) in [5.41, 5.74) is 0.624. The molecule has 0 aliphatic rings. The SMILES string of the molecule is CCCCN(CC)CC(=O)c1ccc(Cl)c(Cl)c1. The number of benzene rings is 1. The Morgan fingerprint density at radius 3 is 2.50 bits per heavy atom.